The number of aryl methyl sites for hydroxylation is 2. The Balaban J connectivity index is 1.74. The van der Waals surface area contributed by atoms with Crippen LogP contribution in [0.4, 0.5) is 0 Å². The van der Waals surface area contributed by atoms with Crippen LogP contribution in [0, 0.1) is 13.8 Å². The Morgan fingerprint density at radius 2 is 2.08 bits per heavy atom. The fraction of sp³-hybridized carbons (Fsp3) is 0.300. The summed E-state index contributed by atoms with van der Waals surface area (Å²) < 4.78 is 5.49. The molecule has 0 fully saturated rings. The molecule has 0 radical (unpaired) electrons. The summed E-state index contributed by atoms with van der Waals surface area (Å²) in [6.07, 6.45) is 3.64. The number of ether oxygens (including phenoxy) is 1. The zero-order chi connectivity index (χ0) is 17.8. The van der Waals surface area contributed by atoms with E-state index < -0.39 is 0 Å². The molecule has 0 aliphatic rings. The molecule has 0 bridgehead atoms. The van der Waals surface area contributed by atoms with Gasteiger partial charge in [-0.15, -0.1) is 11.3 Å². The molecule has 0 aliphatic carbocycles. The lowest BCUT2D eigenvalue weighted by Crippen LogP contribution is -2.18. The van der Waals surface area contributed by atoms with E-state index in [9.17, 15) is 0 Å². The monoisotopic (exact) mass is 353 g/mol. The zero-order valence-electron chi connectivity index (χ0n) is 15.0. The number of methoxy groups -OCH3 is 1. The van der Waals surface area contributed by atoms with Crippen molar-refractivity contribution in [2.45, 2.75) is 33.4 Å². The van der Waals surface area contributed by atoms with Gasteiger partial charge in [0.25, 0.3) is 0 Å². The number of benzene rings is 1. The summed E-state index contributed by atoms with van der Waals surface area (Å²) in [5, 5.41) is 4.61. The van der Waals surface area contributed by atoms with Gasteiger partial charge in [-0.05, 0) is 44.5 Å². The van der Waals surface area contributed by atoms with Crippen LogP contribution in [0.5, 0.6) is 5.75 Å². The molecule has 0 unspecified atom stereocenters. The third-order valence-corrected chi connectivity index (χ3v) is 5.56. The van der Waals surface area contributed by atoms with Gasteiger partial charge >= 0.3 is 0 Å². The van der Waals surface area contributed by atoms with Crippen LogP contribution in [0.2, 0.25) is 0 Å². The first-order valence-corrected chi connectivity index (χ1v) is 9.14. The van der Waals surface area contributed by atoms with E-state index in [-0.39, 0.29) is 6.04 Å². The molecule has 3 rings (SSSR count). The van der Waals surface area contributed by atoms with Gasteiger partial charge in [0.15, 0.2) is 0 Å². The fourth-order valence-corrected chi connectivity index (χ4v) is 3.86. The van der Waals surface area contributed by atoms with E-state index in [1.54, 1.807) is 24.6 Å². The van der Waals surface area contributed by atoms with Crippen molar-refractivity contribution in [3.8, 4) is 16.3 Å². The molecule has 4 nitrogen and oxygen atoms in total. The second-order valence-electron chi connectivity index (χ2n) is 6.13. The second kappa shape index (κ2) is 7.76. The minimum absolute atomic E-state index is 0.217. The van der Waals surface area contributed by atoms with Gasteiger partial charge in [0, 0.05) is 41.0 Å². The van der Waals surface area contributed by atoms with Crippen molar-refractivity contribution in [2.75, 3.05) is 7.11 Å². The Bertz CT molecular complexity index is 845. The van der Waals surface area contributed by atoms with Gasteiger partial charge < -0.3 is 10.1 Å². The maximum Gasteiger partial charge on any atom is 0.125 e. The van der Waals surface area contributed by atoms with Crippen molar-refractivity contribution in [1.82, 2.24) is 15.3 Å². The standard InChI is InChI=1S/C20H23N3OS/c1-13-7-8-16(18(10-13)24-4)12-22-14(2)19-15(3)23-20(25-19)17-6-5-9-21-11-17/h5-11,14,22H,12H2,1-4H3/t14-/m0/s1. The summed E-state index contributed by atoms with van der Waals surface area (Å²) in [7, 11) is 1.72. The average molecular weight is 353 g/mol. The molecule has 0 spiro atoms. The molecule has 5 heteroatoms. The van der Waals surface area contributed by atoms with Crippen LogP contribution >= 0.6 is 11.3 Å². The number of rotatable bonds is 6. The van der Waals surface area contributed by atoms with Gasteiger partial charge in [-0.25, -0.2) is 4.98 Å². The van der Waals surface area contributed by atoms with Gasteiger partial charge in [-0.2, -0.15) is 0 Å². The van der Waals surface area contributed by atoms with Gasteiger partial charge in [-0.1, -0.05) is 12.1 Å². The normalized spacial score (nSPS) is 12.2. The van der Waals surface area contributed by atoms with Crippen LogP contribution in [0.15, 0.2) is 42.7 Å². The predicted octanol–water partition coefficient (Wildman–Crippen LogP) is 4.68. The van der Waals surface area contributed by atoms with E-state index in [0.29, 0.717) is 0 Å². The first kappa shape index (κ1) is 17.6. The van der Waals surface area contributed by atoms with Crippen LogP contribution < -0.4 is 10.1 Å². The minimum atomic E-state index is 0.217. The largest absolute Gasteiger partial charge is 0.496 e. The molecule has 3 aromatic rings. The van der Waals surface area contributed by atoms with E-state index in [1.165, 1.54) is 10.4 Å². The van der Waals surface area contributed by atoms with E-state index in [0.717, 1.165) is 34.1 Å². The molecule has 2 aromatic heterocycles. The summed E-state index contributed by atoms with van der Waals surface area (Å²) in [6, 6.07) is 10.5. The molecule has 25 heavy (non-hydrogen) atoms. The van der Waals surface area contributed by atoms with Gasteiger partial charge in [0.05, 0.1) is 12.8 Å². The topological polar surface area (TPSA) is 47.0 Å². The first-order chi connectivity index (χ1) is 12.1. The lowest BCUT2D eigenvalue weighted by atomic mass is 10.1. The highest BCUT2D eigenvalue weighted by atomic mass is 32.1. The third-order valence-electron chi connectivity index (χ3n) is 4.18. The van der Waals surface area contributed by atoms with E-state index in [4.69, 9.17) is 9.72 Å². The first-order valence-electron chi connectivity index (χ1n) is 8.33. The molecule has 1 atom stereocenters. The molecule has 0 saturated heterocycles. The number of thiazole rings is 1. The lowest BCUT2D eigenvalue weighted by molar-refractivity contribution is 0.406. The maximum atomic E-state index is 5.49. The average Bonchev–Trinajstić information content (AvgIpc) is 3.03. The number of aromatic nitrogens is 2. The minimum Gasteiger partial charge on any atom is -0.496 e. The smallest absolute Gasteiger partial charge is 0.125 e. The van der Waals surface area contributed by atoms with Crippen molar-refractivity contribution >= 4 is 11.3 Å². The lowest BCUT2D eigenvalue weighted by Gasteiger charge is -2.15. The van der Waals surface area contributed by atoms with Crippen molar-refractivity contribution in [3.05, 3.63) is 64.4 Å². The summed E-state index contributed by atoms with van der Waals surface area (Å²) in [4.78, 5) is 10.2. The van der Waals surface area contributed by atoms with Crippen molar-refractivity contribution in [1.29, 1.82) is 0 Å². The molecule has 130 valence electrons. The molecule has 1 N–H and O–H groups in total. The second-order valence-corrected chi connectivity index (χ2v) is 7.16. The Morgan fingerprint density at radius 1 is 1.24 bits per heavy atom. The Hall–Kier alpha value is -2.24. The highest BCUT2D eigenvalue weighted by Crippen LogP contribution is 2.31. The van der Waals surface area contributed by atoms with Crippen LogP contribution in [-0.2, 0) is 6.54 Å². The number of hydrogen-bond acceptors (Lipinski definition) is 5. The highest BCUT2D eigenvalue weighted by Gasteiger charge is 2.15. The highest BCUT2D eigenvalue weighted by molar-refractivity contribution is 7.15. The number of nitrogens with one attached hydrogen (secondary N) is 1. The summed E-state index contributed by atoms with van der Waals surface area (Å²) in [5.74, 6) is 0.928. The Labute approximate surface area is 152 Å². The summed E-state index contributed by atoms with van der Waals surface area (Å²) in [6.45, 7) is 7.07. The van der Waals surface area contributed by atoms with Gasteiger partial charge in [0.2, 0.25) is 0 Å². The molecule has 0 amide bonds. The van der Waals surface area contributed by atoms with Crippen molar-refractivity contribution in [2.24, 2.45) is 0 Å². The number of hydrogen-bond donors (Lipinski definition) is 1. The number of nitrogens with zero attached hydrogens (tertiary/aromatic N) is 2. The number of pyridine rings is 1. The summed E-state index contributed by atoms with van der Waals surface area (Å²) >= 11 is 1.72. The zero-order valence-corrected chi connectivity index (χ0v) is 15.9. The van der Waals surface area contributed by atoms with Crippen LogP contribution in [0.3, 0.4) is 0 Å². The maximum absolute atomic E-state index is 5.49. The fourth-order valence-electron chi connectivity index (χ4n) is 2.78. The summed E-state index contributed by atoms with van der Waals surface area (Å²) in [5.41, 5.74) is 4.50. The predicted molar refractivity (Wildman–Crippen MR) is 103 cm³/mol. The van der Waals surface area contributed by atoms with Gasteiger partial charge in [0.1, 0.15) is 10.8 Å². The van der Waals surface area contributed by atoms with Crippen LogP contribution in [0.25, 0.3) is 10.6 Å². The molecular weight excluding hydrogens is 330 g/mol. The molecular formula is C20H23N3OS. The molecule has 0 saturated carbocycles. The Morgan fingerprint density at radius 3 is 2.80 bits per heavy atom. The van der Waals surface area contributed by atoms with Crippen molar-refractivity contribution in [3.63, 3.8) is 0 Å². The van der Waals surface area contributed by atoms with Crippen LogP contribution in [0.1, 0.15) is 34.7 Å². The Kier molecular flexibility index (Phi) is 5.46. The van der Waals surface area contributed by atoms with E-state index in [2.05, 4.69) is 49.3 Å². The quantitative estimate of drug-likeness (QED) is 0.699. The van der Waals surface area contributed by atoms with Crippen molar-refractivity contribution < 1.29 is 4.74 Å². The molecule has 2 heterocycles. The molecule has 1 aromatic carbocycles. The SMILES string of the molecule is COc1cc(C)ccc1CN[C@@H](C)c1sc(-c2cccnc2)nc1C. The molecule has 0 aliphatic heterocycles. The van der Waals surface area contributed by atoms with Crippen LogP contribution in [-0.4, -0.2) is 17.1 Å². The van der Waals surface area contributed by atoms with Gasteiger partial charge in [-0.3, -0.25) is 4.98 Å². The van der Waals surface area contributed by atoms with E-state index in [1.807, 2.05) is 18.3 Å². The third kappa shape index (κ3) is 4.06. The van der Waals surface area contributed by atoms with E-state index >= 15 is 0 Å².